The van der Waals surface area contributed by atoms with Gasteiger partial charge in [0.05, 0.1) is 5.56 Å². The van der Waals surface area contributed by atoms with Crippen LogP contribution in [-0.4, -0.2) is 29.3 Å². The van der Waals surface area contributed by atoms with Crippen LogP contribution in [0.4, 0.5) is 14.5 Å². The van der Waals surface area contributed by atoms with Crippen molar-refractivity contribution in [1.29, 1.82) is 0 Å². The molecule has 0 atom stereocenters. The molecule has 2 aromatic carbocycles. The maximum atomic E-state index is 13.0. The van der Waals surface area contributed by atoms with Crippen LogP contribution in [0.25, 0.3) is 10.9 Å². The quantitative estimate of drug-likeness (QED) is 0.694. The first kappa shape index (κ1) is 17.8. The van der Waals surface area contributed by atoms with Crippen molar-refractivity contribution >= 4 is 28.5 Å². The molecular formula is C19H14F2N2O5. The van der Waals surface area contributed by atoms with E-state index in [2.05, 4.69) is 14.8 Å². The predicted octanol–water partition coefficient (Wildman–Crippen LogP) is 3.30. The molecule has 1 aromatic heterocycles. The van der Waals surface area contributed by atoms with E-state index in [4.69, 9.17) is 4.74 Å². The molecule has 0 saturated carbocycles. The monoisotopic (exact) mass is 388 g/mol. The summed E-state index contributed by atoms with van der Waals surface area (Å²) in [7, 11) is 1.80. The number of carbonyl (C=O) groups excluding carboxylic acids is 2. The van der Waals surface area contributed by atoms with E-state index >= 15 is 0 Å². The number of amides is 1. The number of ether oxygens (including phenoxy) is 3. The number of fused-ring (bicyclic) bond motifs is 2. The molecule has 1 aliphatic rings. The minimum atomic E-state index is -3.74. The highest BCUT2D eigenvalue weighted by atomic mass is 19.3. The standard InChI is InChI=1S/C19H14F2N2O5/c1-23-9-13(12-4-2-3-5-14(12)23)18(25)26-10-17(24)22-11-6-7-15-16(8-11)28-19(20,21)27-15/h2-9H,10H2,1H3,(H,22,24). The zero-order valence-electron chi connectivity index (χ0n) is 14.6. The summed E-state index contributed by atoms with van der Waals surface area (Å²) >= 11 is 0. The number of hydrogen-bond acceptors (Lipinski definition) is 5. The Morgan fingerprint density at radius 3 is 2.71 bits per heavy atom. The summed E-state index contributed by atoms with van der Waals surface area (Å²) < 4.78 is 41.5. The Labute approximate surface area is 157 Å². The lowest BCUT2D eigenvalue weighted by molar-refractivity contribution is -0.286. The van der Waals surface area contributed by atoms with Gasteiger partial charge in [-0.05, 0) is 18.2 Å². The van der Waals surface area contributed by atoms with Crippen molar-refractivity contribution in [3.8, 4) is 11.5 Å². The number of hydrogen-bond donors (Lipinski definition) is 1. The van der Waals surface area contributed by atoms with E-state index in [1.54, 1.807) is 29.9 Å². The van der Waals surface area contributed by atoms with Gasteiger partial charge in [-0.15, -0.1) is 8.78 Å². The lowest BCUT2D eigenvalue weighted by Crippen LogP contribution is -2.25. The summed E-state index contributed by atoms with van der Waals surface area (Å²) in [5.41, 5.74) is 1.40. The predicted molar refractivity (Wildman–Crippen MR) is 94.5 cm³/mol. The number of nitrogens with zero attached hydrogens (tertiary/aromatic N) is 1. The fourth-order valence-corrected chi connectivity index (χ4v) is 2.94. The fourth-order valence-electron chi connectivity index (χ4n) is 2.94. The highest BCUT2D eigenvalue weighted by Gasteiger charge is 2.43. The molecule has 2 heterocycles. The topological polar surface area (TPSA) is 78.8 Å². The normalized spacial score (nSPS) is 14.1. The van der Waals surface area contributed by atoms with Gasteiger partial charge < -0.3 is 24.1 Å². The molecule has 1 aliphatic heterocycles. The summed E-state index contributed by atoms with van der Waals surface area (Å²) in [4.78, 5) is 24.3. The molecule has 9 heteroatoms. The first-order chi connectivity index (χ1) is 13.3. The summed E-state index contributed by atoms with van der Waals surface area (Å²) in [5.74, 6) is -1.60. The number of carbonyl (C=O) groups is 2. The van der Waals surface area contributed by atoms with Crippen molar-refractivity contribution in [3.05, 3.63) is 54.2 Å². The van der Waals surface area contributed by atoms with Crippen LogP contribution in [0.15, 0.2) is 48.7 Å². The third-order valence-corrected chi connectivity index (χ3v) is 4.14. The number of para-hydroxylation sites is 1. The van der Waals surface area contributed by atoms with Crippen molar-refractivity contribution < 1.29 is 32.6 Å². The van der Waals surface area contributed by atoms with E-state index in [-0.39, 0.29) is 17.2 Å². The van der Waals surface area contributed by atoms with Crippen LogP contribution >= 0.6 is 0 Å². The fraction of sp³-hybridized carbons (Fsp3) is 0.158. The van der Waals surface area contributed by atoms with Gasteiger partial charge in [0, 0.05) is 35.9 Å². The maximum Gasteiger partial charge on any atom is 0.586 e. The number of anilines is 1. The zero-order chi connectivity index (χ0) is 19.9. The van der Waals surface area contributed by atoms with Gasteiger partial charge in [0.25, 0.3) is 5.91 Å². The van der Waals surface area contributed by atoms with Crippen LogP contribution in [0.3, 0.4) is 0 Å². The van der Waals surface area contributed by atoms with Gasteiger partial charge in [0.1, 0.15) is 0 Å². The lowest BCUT2D eigenvalue weighted by atomic mass is 10.2. The highest BCUT2D eigenvalue weighted by Crippen LogP contribution is 2.42. The maximum absolute atomic E-state index is 13.0. The Balaban J connectivity index is 1.39. The lowest BCUT2D eigenvalue weighted by Gasteiger charge is -2.07. The third kappa shape index (κ3) is 3.34. The van der Waals surface area contributed by atoms with E-state index in [0.29, 0.717) is 10.9 Å². The minimum absolute atomic E-state index is 0.134. The molecule has 0 radical (unpaired) electrons. The van der Waals surface area contributed by atoms with Crippen molar-refractivity contribution in [3.63, 3.8) is 0 Å². The second kappa shape index (κ2) is 6.52. The number of alkyl halides is 2. The van der Waals surface area contributed by atoms with Crippen molar-refractivity contribution in [2.45, 2.75) is 6.29 Å². The molecule has 3 aromatic rings. The molecule has 0 unspecified atom stereocenters. The molecule has 0 aliphatic carbocycles. The van der Waals surface area contributed by atoms with Crippen molar-refractivity contribution in [2.24, 2.45) is 7.05 Å². The molecule has 1 amide bonds. The smallest absolute Gasteiger partial charge is 0.452 e. The Kier molecular flexibility index (Phi) is 4.14. The average Bonchev–Trinajstić information content (AvgIpc) is 3.15. The largest absolute Gasteiger partial charge is 0.586 e. The van der Waals surface area contributed by atoms with Gasteiger partial charge in [-0.1, -0.05) is 18.2 Å². The van der Waals surface area contributed by atoms with E-state index < -0.39 is 24.8 Å². The SMILES string of the molecule is Cn1cc(C(=O)OCC(=O)Nc2ccc3c(c2)OC(F)(F)O3)c2ccccc21. The highest BCUT2D eigenvalue weighted by molar-refractivity contribution is 6.05. The number of rotatable bonds is 4. The number of aromatic nitrogens is 1. The number of esters is 1. The van der Waals surface area contributed by atoms with Crippen LogP contribution in [0.5, 0.6) is 11.5 Å². The molecule has 7 nitrogen and oxygen atoms in total. The minimum Gasteiger partial charge on any atom is -0.452 e. The molecule has 4 rings (SSSR count). The van der Waals surface area contributed by atoms with Crippen LogP contribution in [-0.2, 0) is 16.6 Å². The van der Waals surface area contributed by atoms with Crippen LogP contribution in [0.2, 0.25) is 0 Å². The van der Waals surface area contributed by atoms with Gasteiger partial charge >= 0.3 is 12.3 Å². The summed E-state index contributed by atoms with van der Waals surface area (Å²) in [6.07, 6.45) is -2.11. The number of benzene rings is 2. The first-order valence-corrected chi connectivity index (χ1v) is 8.23. The van der Waals surface area contributed by atoms with E-state index in [9.17, 15) is 18.4 Å². The second-order valence-electron chi connectivity index (χ2n) is 6.12. The molecule has 1 N–H and O–H groups in total. The van der Waals surface area contributed by atoms with E-state index in [1.807, 2.05) is 12.1 Å². The summed E-state index contributed by atoms with van der Waals surface area (Å²) in [6.45, 7) is -0.535. The second-order valence-corrected chi connectivity index (χ2v) is 6.12. The number of halogens is 2. The van der Waals surface area contributed by atoms with Crippen molar-refractivity contribution in [1.82, 2.24) is 4.57 Å². The molecule has 144 valence electrons. The molecule has 28 heavy (non-hydrogen) atoms. The Morgan fingerprint density at radius 2 is 1.89 bits per heavy atom. The summed E-state index contributed by atoms with van der Waals surface area (Å²) in [6, 6.07) is 11.1. The number of aryl methyl sites for hydroxylation is 1. The van der Waals surface area contributed by atoms with Gasteiger partial charge in [-0.3, -0.25) is 4.79 Å². The Hall–Kier alpha value is -3.62. The van der Waals surface area contributed by atoms with E-state index in [0.717, 1.165) is 5.52 Å². The zero-order valence-corrected chi connectivity index (χ0v) is 14.6. The molecule has 0 saturated heterocycles. The third-order valence-electron chi connectivity index (χ3n) is 4.14. The van der Waals surface area contributed by atoms with Gasteiger partial charge in [-0.25, -0.2) is 4.79 Å². The Morgan fingerprint density at radius 1 is 1.14 bits per heavy atom. The first-order valence-electron chi connectivity index (χ1n) is 8.23. The molecule has 0 spiro atoms. The Bertz CT molecular complexity index is 1090. The van der Waals surface area contributed by atoms with Crippen molar-refractivity contribution in [2.75, 3.05) is 11.9 Å². The van der Waals surface area contributed by atoms with Crippen LogP contribution < -0.4 is 14.8 Å². The molecule has 0 fully saturated rings. The van der Waals surface area contributed by atoms with Crippen LogP contribution in [0, 0.1) is 0 Å². The van der Waals surface area contributed by atoms with E-state index in [1.165, 1.54) is 18.2 Å². The van der Waals surface area contributed by atoms with Crippen LogP contribution in [0.1, 0.15) is 10.4 Å². The van der Waals surface area contributed by atoms with Gasteiger partial charge in [0.15, 0.2) is 18.1 Å². The number of nitrogens with one attached hydrogen (secondary N) is 1. The summed E-state index contributed by atoms with van der Waals surface area (Å²) in [5, 5.41) is 3.16. The molecule has 0 bridgehead atoms. The van der Waals surface area contributed by atoms with Gasteiger partial charge in [-0.2, -0.15) is 0 Å². The average molecular weight is 388 g/mol. The van der Waals surface area contributed by atoms with Gasteiger partial charge in [0.2, 0.25) is 0 Å². The molecular weight excluding hydrogens is 374 g/mol.